The van der Waals surface area contributed by atoms with Crippen molar-refractivity contribution in [3.8, 4) is 0 Å². The second-order valence-corrected chi connectivity index (χ2v) is 3.70. The van der Waals surface area contributed by atoms with Gasteiger partial charge in [0, 0.05) is 5.92 Å². The number of aliphatic hydroxyl groups is 1. The minimum absolute atomic E-state index is 0.0349. The van der Waals surface area contributed by atoms with Crippen LogP contribution >= 0.6 is 0 Å². The maximum atomic E-state index is 11.7. The molecule has 2 nitrogen and oxygen atoms in total. The summed E-state index contributed by atoms with van der Waals surface area (Å²) >= 11 is 0. The molecule has 0 aliphatic carbocycles. The predicted molar refractivity (Wildman–Crippen MR) is 67.5 cm³/mol. The minimum atomic E-state index is -0.365. The van der Waals surface area contributed by atoms with Crippen LogP contribution in [0, 0.1) is 5.92 Å². The van der Waals surface area contributed by atoms with Gasteiger partial charge in [0.25, 0.3) is 0 Å². The van der Waals surface area contributed by atoms with E-state index in [2.05, 4.69) is 0 Å². The Kier molecular flexibility index (Phi) is 7.48. The average Bonchev–Trinajstić information content (AvgIpc) is 2.33. The lowest BCUT2D eigenvalue weighted by molar-refractivity contribution is -0.124. The number of carbonyl (C=O) groups is 1. The molecule has 16 heavy (non-hydrogen) atoms. The van der Waals surface area contributed by atoms with Crippen LogP contribution in [0.25, 0.3) is 0 Å². The molecule has 0 amide bonds. The van der Waals surface area contributed by atoms with Crippen LogP contribution in [0.5, 0.6) is 0 Å². The third-order valence-electron chi connectivity index (χ3n) is 2.30. The first-order chi connectivity index (χ1) is 7.66. The smallest absolute Gasteiger partial charge is 0.145 e. The molecule has 1 N–H and O–H groups in total. The van der Waals surface area contributed by atoms with Gasteiger partial charge in [0.1, 0.15) is 5.78 Å². The van der Waals surface area contributed by atoms with E-state index in [1.165, 1.54) is 0 Å². The highest BCUT2D eigenvalue weighted by Crippen LogP contribution is 2.19. The van der Waals surface area contributed by atoms with Crippen molar-refractivity contribution in [2.24, 2.45) is 5.92 Å². The summed E-state index contributed by atoms with van der Waals surface area (Å²) in [6.07, 6.45) is 0. The van der Waals surface area contributed by atoms with Crippen LogP contribution in [0.2, 0.25) is 0 Å². The summed E-state index contributed by atoms with van der Waals surface area (Å²) in [6.45, 7) is 7.60. The van der Waals surface area contributed by atoms with Gasteiger partial charge in [-0.15, -0.1) is 0 Å². The molecular weight excluding hydrogens is 200 g/mol. The van der Waals surface area contributed by atoms with Crippen LogP contribution in [0.1, 0.15) is 39.2 Å². The Morgan fingerprint density at radius 1 is 1.19 bits per heavy atom. The van der Waals surface area contributed by atoms with Crippen molar-refractivity contribution < 1.29 is 9.90 Å². The Morgan fingerprint density at radius 2 is 1.69 bits per heavy atom. The van der Waals surface area contributed by atoms with Crippen LogP contribution in [-0.2, 0) is 4.79 Å². The molecular formula is C14H22O2. The molecule has 90 valence electrons. The molecule has 0 aliphatic rings. The summed E-state index contributed by atoms with van der Waals surface area (Å²) in [5, 5.41) is 9.18. The molecule has 1 rings (SSSR count). The minimum Gasteiger partial charge on any atom is -0.395 e. The molecule has 1 unspecified atom stereocenters. The molecule has 1 aromatic carbocycles. The Morgan fingerprint density at radius 3 is 2.06 bits per heavy atom. The molecule has 0 heterocycles. The third kappa shape index (κ3) is 4.15. The van der Waals surface area contributed by atoms with Crippen molar-refractivity contribution in [3.05, 3.63) is 35.9 Å². The molecule has 1 atom stereocenters. The highest BCUT2D eigenvalue weighted by Gasteiger charge is 2.21. The van der Waals surface area contributed by atoms with Crippen molar-refractivity contribution in [3.63, 3.8) is 0 Å². The summed E-state index contributed by atoms with van der Waals surface area (Å²) in [5.41, 5.74) is 0.897. The Labute approximate surface area is 98.3 Å². The maximum Gasteiger partial charge on any atom is 0.145 e. The fourth-order valence-corrected chi connectivity index (χ4v) is 1.45. The number of ketones is 1. The van der Waals surface area contributed by atoms with E-state index in [0.29, 0.717) is 0 Å². The second kappa shape index (κ2) is 8.05. The van der Waals surface area contributed by atoms with Crippen molar-refractivity contribution >= 4 is 5.78 Å². The van der Waals surface area contributed by atoms with Crippen molar-refractivity contribution in [2.75, 3.05) is 6.61 Å². The lowest BCUT2D eigenvalue weighted by atomic mass is 9.90. The molecule has 0 fully saturated rings. The van der Waals surface area contributed by atoms with Crippen molar-refractivity contribution in [1.82, 2.24) is 0 Å². The molecule has 1 aromatic rings. The van der Waals surface area contributed by atoms with E-state index in [0.717, 1.165) is 5.56 Å². The largest absolute Gasteiger partial charge is 0.395 e. The monoisotopic (exact) mass is 222 g/mol. The zero-order chi connectivity index (χ0) is 12.6. The number of hydrogen-bond donors (Lipinski definition) is 1. The van der Waals surface area contributed by atoms with Gasteiger partial charge in [-0.3, -0.25) is 4.79 Å². The number of aliphatic hydroxyl groups excluding tert-OH is 1. The van der Waals surface area contributed by atoms with E-state index in [4.69, 9.17) is 0 Å². The van der Waals surface area contributed by atoms with Crippen molar-refractivity contribution in [1.29, 1.82) is 0 Å². The van der Waals surface area contributed by atoms with Crippen LogP contribution in [-0.4, -0.2) is 17.5 Å². The van der Waals surface area contributed by atoms with E-state index in [9.17, 15) is 9.90 Å². The standard InChI is InChI=1S/C12H16O2.C2H6/c1-9(2)12(14)11(8-13)10-6-4-3-5-7-10;1-2/h3-7,9,11,13H,8H2,1-2H3;1-2H3. The van der Waals surface area contributed by atoms with Gasteiger partial charge in [-0.1, -0.05) is 58.0 Å². The Bertz CT molecular complexity index is 291. The number of rotatable bonds is 4. The van der Waals surface area contributed by atoms with E-state index in [-0.39, 0.29) is 24.2 Å². The molecule has 0 spiro atoms. The fourth-order valence-electron chi connectivity index (χ4n) is 1.45. The first-order valence-electron chi connectivity index (χ1n) is 5.86. The maximum absolute atomic E-state index is 11.7. The Balaban J connectivity index is 0.00000106. The van der Waals surface area contributed by atoms with Gasteiger partial charge in [0.2, 0.25) is 0 Å². The predicted octanol–water partition coefficient (Wildman–Crippen LogP) is 3.01. The highest BCUT2D eigenvalue weighted by molar-refractivity contribution is 5.87. The summed E-state index contributed by atoms with van der Waals surface area (Å²) < 4.78 is 0. The van der Waals surface area contributed by atoms with E-state index in [1.54, 1.807) is 0 Å². The van der Waals surface area contributed by atoms with Gasteiger partial charge in [0.05, 0.1) is 12.5 Å². The van der Waals surface area contributed by atoms with Gasteiger partial charge in [-0.05, 0) is 5.56 Å². The topological polar surface area (TPSA) is 37.3 Å². The first-order valence-corrected chi connectivity index (χ1v) is 5.86. The van der Waals surface area contributed by atoms with E-state index in [1.807, 2.05) is 58.0 Å². The molecule has 0 aliphatic heterocycles. The summed E-state index contributed by atoms with van der Waals surface area (Å²) in [7, 11) is 0. The van der Waals surface area contributed by atoms with Gasteiger partial charge in [-0.2, -0.15) is 0 Å². The molecule has 0 radical (unpaired) electrons. The van der Waals surface area contributed by atoms with Gasteiger partial charge in [0.15, 0.2) is 0 Å². The lowest BCUT2D eigenvalue weighted by Crippen LogP contribution is -2.21. The van der Waals surface area contributed by atoms with Gasteiger partial charge in [-0.25, -0.2) is 0 Å². The van der Waals surface area contributed by atoms with Crippen molar-refractivity contribution in [2.45, 2.75) is 33.6 Å². The summed E-state index contributed by atoms with van der Waals surface area (Å²) in [4.78, 5) is 11.7. The quantitative estimate of drug-likeness (QED) is 0.850. The zero-order valence-electron chi connectivity index (χ0n) is 10.6. The van der Waals surface area contributed by atoms with E-state index < -0.39 is 0 Å². The van der Waals surface area contributed by atoms with Crippen LogP contribution in [0.15, 0.2) is 30.3 Å². The zero-order valence-corrected chi connectivity index (χ0v) is 10.6. The number of Topliss-reactive ketones (excluding diaryl/α,β-unsaturated/α-hetero) is 1. The van der Waals surface area contributed by atoms with Gasteiger partial charge >= 0.3 is 0 Å². The number of carbonyl (C=O) groups excluding carboxylic acids is 1. The first kappa shape index (κ1) is 14.8. The number of benzene rings is 1. The number of hydrogen-bond acceptors (Lipinski definition) is 2. The van der Waals surface area contributed by atoms with Crippen LogP contribution in [0.4, 0.5) is 0 Å². The SMILES string of the molecule is CC.CC(C)C(=O)C(CO)c1ccccc1. The fraction of sp³-hybridized carbons (Fsp3) is 0.500. The lowest BCUT2D eigenvalue weighted by Gasteiger charge is -2.15. The summed E-state index contributed by atoms with van der Waals surface area (Å²) in [6, 6.07) is 9.41. The molecule has 0 aromatic heterocycles. The van der Waals surface area contributed by atoms with Crippen LogP contribution in [0.3, 0.4) is 0 Å². The van der Waals surface area contributed by atoms with E-state index >= 15 is 0 Å². The molecule has 0 bridgehead atoms. The second-order valence-electron chi connectivity index (χ2n) is 3.70. The Hall–Kier alpha value is -1.15. The highest BCUT2D eigenvalue weighted by atomic mass is 16.3. The molecule has 0 saturated heterocycles. The average molecular weight is 222 g/mol. The third-order valence-corrected chi connectivity index (χ3v) is 2.30. The molecule has 0 saturated carbocycles. The van der Waals surface area contributed by atoms with Gasteiger partial charge < -0.3 is 5.11 Å². The molecule has 2 heteroatoms. The van der Waals surface area contributed by atoms with Crippen LogP contribution < -0.4 is 0 Å². The summed E-state index contributed by atoms with van der Waals surface area (Å²) in [5.74, 6) is -0.303. The normalized spacial score (nSPS) is 11.6.